The van der Waals surface area contributed by atoms with Crippen LogP contribution in [0.3, 0.4) is 0 Å². The summed E-state index contributed by atoms with van der Waals surface area (Å²) in [6.07, 6.45) is 0.862. The van der Waals surface area contributed by atoms with Crippen molar-refractivity contribution in [1.82, 2.24) is 0 Å². The van der Waals surface area contributed by atoms with Gasteiger partial charge < -0.3 is 10.1 Å². The smallest absolute Gasteiger partial charge is 0.262 e. The highest BCUT2D eigenvalue weighted by atomic mass is 35.5. The molecule has 0 spiro atoms. The number of anilines is 1. The van der Waals surface area contributed by atoms with Gasteiger partial charge in [-0.3, -0.25) is 4.79 Å². The molecular formula is C18H20ClNO2. The van der Waals surface area contributed by atoms with Crippen molar-refractivity contribution >= 4 is 23.2 Å². The molecule has 0 radical (unpaired) electrons. The monoisotopic (exact) mass is 317 g/mol. The number of carbonyl (C=O) groups excluding carboxylic acids is 1. The minimum Gasteiger partial charge on any atom is -0.483 e. The molecule has 0 aliphatic heterocycles. The number of hydrogen-bond acceptors (Lipinski definition) is 2. The van der Waals surface area contributed by atoms with Gasteiger partial charge in [-0.1, -0.05) is 42.8 Å². The topological polar surface area (TPSA) is 38.3 Å². The van der Waals surface area contributed by atoms with Gasteiger partial charge in [-0.25, -0.2) is 0 Å². The van der Waals surface area contributed by atoms with Crippen LogP contribution in [-0.4, -0.2) is 12.5 Å². The molecular weight excluding hydrogens is 298 g/mol. The van der Waals surface area contributed by atoms with Crippen LogP contribution >= 0.6 is 11.6 Å². The van der Waals surface area contributed by atoms with E-state index < -0.39 is 0 Å². The van der Waals surface area contributed by atoms with E-state index in [0.717, 1.165) is 28.9 Å². The second-order valence-electron chi connectivity index (χ2n) is 5.24. The summed E-state index contributed by atoms with van der Waals surface area (Å²) in [6.45, 7) is 5.90. The number of para-hydroxylation sites is 1. The molecule has 2 aromatic carbocycles. The van der Waals surface area contributed by atoms with Gasteiger partial charge in [0, 0.05) is 0 Å². The van der Waals surface area contributed by atoms with E-state index in [2.05, 4.69) is 12.2 Å². The summed E-state index contributed by atoms with van der Waals surface area (Å²) in [7, 11) is 0. The Labute approximate surface area is 136 Å². The molecule has 22 heavy (non-hydrogen) atoms. The number of nitrogens with one attached hydrogen (secondary N) is 1. The van der Waals surface area contributed by atoms with Crippen LogP contribution in [0.4, 0.5) is 5.69 Å². The van der Waals surface area contributed by atoms with Crippen LogP contribution in [0.15, 0.2) is 36.4 Å². The van der Waals surface area contributed by atoms with E-state index in [0.29, 0.717) is 10.7 Å². The molecule has 2 rings (SSSR count). The Hall–Kier alpha value is -2.00. The number of aryl methyl sites for hydroxylation is 3. The fraction of sp³-hybridized carbons (Fsp3) is 0.278. The van der Waals surface area contributed by atoms with Crippen molar-refractivity contribution < 1.29 is 9.53 Å². The van der Waals surface area contributed by atoms with Gasteiger partial charge in [0.15, 0.2) is 6.61 Å². The van der Waals surface area contributed by atoms with E-state index in [1.54, 1.807) is 0 Å². The second-order valence-corrected chi connectivity index (χ2v) is 5.64. The maximum atomic E-state index is 12.1. The maximum Gasteiger partial charge on any atom is 0.262 e. The third-order valence-electron chi connectivity index (χ3n) is 3.41. The van der Waals surface area contributed by atoms with Crippen molar-refractivity contribution in [2.24, 2.45) is 0 Å². The van der Waals surface area contributed by atoms with Gasteiger partial charge in [-0.05, 0) is 49.1 Å². The first-order valence-corrected chi connectivity index (χ1v) is 7.66. The van der Waals surface area contributed by atoms with Crippen LogP contribution in [-0.2, 0) is 11.2 Å². The molecule has 4 heteroatoms. The highest BCUT2D eigenvalue weighted by Crippen LogP contribution is 2.27. The molecule has 116 valence electrons. The first-order chi connectivity index (χ1) is 10.5. The van der Waals surface area contributed by atoms with E-state index in [9.17, 15) is 4.79 Å². The minimum absolute atomic E-state index is 0.0410. The Morgan fingerprint density at radius 1 is 1.23 bits per heavy atom. The summed E-state index contributed by atoms with van der Waals surface area (Å²) < 4.78 is 5.61. The van der Waals surface area contributed by atoms with Gasteiger partial charge >= 0.3 is 0 Å². The first-order valence-electron chi connectivity index (χ1n) is 7.28. The molecule has 2 aromatic rings. The molecule has 0 heterocycles. The number of benzene rings is 2. The predicted octanol–water partition coefficient (Wildman–Crippen LogP) is 4.54. The van der Waals surface area contributed by atoms with E-state index in [1.807, 2.05) is 50.2 Å². The highest BCUT2D eigenvalue weighted by Gasteiger charge is 2.11. The van der Waals surface area contributed by atoms with Crippen LogP contribution in [0.2, 0.25) is 5.02 Å². The number of ether oxygens (including phenoxy) is 1. The third kappa shape index (κ3) is 4.01. The zero-order valence-electron chi connectivity index (χ0n) is 13.1. The minimum atomic E-state index is -0.222. The van der Waals surface area contributed by atoms with Gasteiger partial charge in [0.2, 0.25) is 0 Å². The number of rotatable bonds is 5. The number of halogens is 1. The summed E-state index contributed by atoms with van der Waals surface area (Å²) in [4.78, 5) is 12.1. The van der Waals surface area contributed by atoms with E-state index >= 15 is 0 Å². The molecule has 0 atom stereocenters. The molecule has 1 N–H and O–H groups in total. The quantitative estimate of drug-likeness (QED) is 0.879. The van der Waals surface area contributed by atoms with Gasteiger partial charge in [-0.2, -0.15) is 0 Å². The molecule has 0 unspecified atom stereocenters. The van der Waals surface area contributed by atoms with Crippen molar-refractivity contribution in [2.45, 2.75) is 27.2 Å². The van der Waals surface area contributed by atoms with Gasteiger partial charge in [-0.15, -0.1) is 0 Å². The first kappa shape index (κ1) is 16.4. The van der Waals surface area contributed by atoms with E-state index in [1.165, 1.54) is 0 Å². The second kappa shape index (κ2) is 7.32. The van der Waals surface area contributed by atoms with Crippen LogP contribution in [0.1, 0.15) is 23.6 Å². The summed E-state index contributed by atoms with van der Waals surface area (Å²) >= 11 is 6.19. The Bertz CT molecular complexity index is 660. The van der Waals surface area contributed by atoms with Gasteiger partial charge in [0.25, 0.3) is 5.91 Å². The standard InChI is InChI=1S/C18H20ClNO2/c1-4-14-7-5-6-8-16(14)22-11-17(21)20-18-13(3)9-12(2)10-15(18)19/h5-10H,4,11H2,1-3H3,(H,20,21). The highest BCUT2D eigenvalue weighted by molar-refractivity contribution is 6.34. The van der Waals surface area contributed by atoms with Crippen LogP contribution in [0, 0.1) is 13.8 Å². The van der Waals surface area contributed by atoms with Crippen LogP contribution < -0.4 is 10.1 Å². The molecule has 1 amide bonds. The fourth-order valence-electron chi connectivity index (χ4n) is 2.33. The van der Waals surface area contributed by atoms with Crippen LogP contribution in [0.5, 0.6) is 5.75 Å². The molecule has 0 saturated carbocycles. The number of hydrogen-bond donors (Lipinski definition) is 1. The summed E-state index contributed by atoms with van der Waals surface area (Å²) in [6, 6.07) is 11.5. The van der Waals surface area contributed by atoms with Gasteiger partial charge in [0.05, 0.1) is 10.7 Å². The largest absolute Gasteiger partial charge is 0.483 e. The Kier molecular flexibility index (Phi) is 5.45. The van der Waals surface area contributed by atoms with Crippen molar-refractivity contribution in [3.63, 3.8) is 0 Å². The number of carbonyl (C=O) groups is 1. The van der Waals surface area contributed by atoms with E-state index in [4.69, 9.17) is 16.3 Å². The molecule has 0 aliphatic carbocycles. The van der Waals surface area contributed by atoms with Crippen molar-refractivity contribution in [3.05, 3.63) is 58.1 Å². The Balaban J connectivity index is 2.02. The average Bonchev–Trinajstić information content (AvgIpc) is 2.49. The zero-order chi connectivity index (χ0) is 16.1. The SMILES string of the molecule is CCc1ccccc1OCC(=O)Nc1c(C)cc(C)cc1Cl. The lowest BCUT2D eigenvalue weighted by Crippen LogP contribution is -2.21. The van der Waals surface area contributed by atoms with Crippen molar-refractivity contribution in [3.8, 4) is 5.75 Å². The summed E-state index contributed by atoms with van der Waals surface area (Å²) in [5, 5.41) is 3.36. The Morgan fingerprint density at radius 2 is 1.95 bits per heavy atom. The molecule has 0 saturated heterocycles. The molecule has 0 fully saturated rings. The molecule has 0 aliphatic rings. The zero-order valence-corrected chi connectivity index (χ0v) is 13.8. The summed E-state index contributed by atoms with van der Waals surface area (Å²) in [5.41, 5.74) is 3.73. The third-order valence-corrected chi connectivity index (χ3v) is 3.71. The molecule has 0 bridgehead atoms. The Morgan fingerprint density at radius 3 is 2.64 bits per heavy atom. The number of amides is 1. The normalized spacial score (nSPS) is 10.4. The molecule has 3 nitrogen and oxygen atoms in total. The lowest BCUT2D eigenvalue weighted by Gasteiger charge is -2.13. The van der Waals surface area contributed by atoms with Crippen molar-refractivity contribution in [1.29, 1.82) is 0 Å². The average molecular weight is 318 g/mol. The maximum absolute atomic E-state index is 12.1. The lowest BCUT2D eigenvalue weighted by molar-refractivity contribution is -0.118. The fourth-order valence-corrected chi connectivity index (χ4v) is 2.70. The van der Waals surface area contributed by atoms with Crippen molar-refractivity contribution in [2.75, 3.05) is 11.9 Å². The summed E-state index contributed by atoms with van der Waals surface area (Å²) in [5.74, 6) is 0.520. The lowest BCUT2D eigenvalue weighted by atomic mass is 10.1. The predicted molar refractivity (Wildman–Crippen MR) is 90.9 cm³/mol. The van der Waals surface area contributed by atoms with E-state index in [-0.39, 0.29) is 12.5 Å². The van der Waals surface area contributed by atoms with Gasteiger partial charge in [0.1, 0.15) is 5.75 Å². The molecule has 0 aromatic heterocycles. The van der Waals surface area contributed by atoms with Crippen LogP contribution in [0.25, 0.3) is 0 Å².